The number of carbonyl (C=O) groups is 5. The van der Waals surface area contributed by atoms with E-state index in [0.717, 1.165) is 50.5 Å². The molecule has 320 valence electrons. The van der Waals surface area contributed by atoms with Crippen LogP contribution in [0, 0.1) is 75.9 Å². The van der Waals surface area contributed by atoms with Crippen molar-refractivity contribution in [2.24, 2.45) is 62.1 Å². The molecule has 1 aromatic heterocycles. The van der Waals surface area contributed by atoms with Gasteiger partial charge in [-0.2, -0.15) is 0 Å². The van der Waals surface area contributed by atoms with Crippen LogP contribution in [-0.4, -0.2) is 52.8 Å². The zero-order valence-corrected chi connectivity index (χ0v) is 37.6. The van der Waals surface area contributed by atoms with Crippen molar-refractivity contribution in [3.05, 3.63) is 28.2 Å². The minimum Gasteiger partial charge on any atom is -0.464 e. The first kappa shape index (κ1) is 42.8. The molecule has 0 saturated heterocycles. The van der Waals surface area contributed by atoms with E-state index >= 15 is 0 Å². The van der Waals surface area contributed by atoms with Crippen molar-refractivity contribution in [3.63, 3.8) is 0 Å². The monoisotopic (exact) mass is 803 g/mol. The van der Waals surface area contributed by atoms with E-state index in [4.69, 9.17) is 14.0 Å². The van der Waals surface area contributed by atoms with Crippen LogP contribution >= 0.6 is 0 Å². The van der Waals surface area contributed by atoms with E-state index in [-0.39, 0.29) is 87.9 Å². The molecule has 10 nitrogen and oxygen atoms in total. The number of aromatic nitrogens is 1. The van der Waals surface area contributed by atoms with Crippen molar-refractivity contribution in [1.29, 1.82) is 0 Å². The average molecular weight is 803 g/mol. The summed E-state index contributed by atoms with van der Waals surface area (Å²) in [5.74, 6) is 0.802. The molecule has 1 N–H and O–H groups in total. The lowest BCUT2D eigenvalue weighted by Gasteiger charge is -2.72. The number of hydrogen-bond acceptors (Lipinski definition) is 9. The van der Waals surface area contributed by atoms with Crippen molar-refractivity contribution in [2.75, 3.05) is 0 Å². The number of nitrogens with zero attached hydrogens (tertiary/aromatic N) is 1. The summed E-state index contributed by atoms with van der Waals surface area (Å²) in [4.78, 5) is 66.9. The first-order valence-electron chi connectivity index (χ1n) is 22.2. The van der Waals surface area contributed by atoms with E-state index < -0.39 is 16.4 Å². The number of hydrogen-bond donors (Lipinski definition) is 1. The zero-order valence-electron chi connectivity index (χ0n) is 37.6. The highest BCUT2D eigenvalue weighted by atomic mass is 16.6. The number of rotatable bonds is 10. The minimum atomic E-state index is -1.02. The van der Waals surface area contributed by atoms with Crippen molar-refractivity contribution < 1.29 is 38.0 Å². The largest absolute Gasteiger partial charge is 0.464 e. The maximum atomic E-state index is 14.5. The molecule has 0 bridgehead atoms. The second-order valence-corrected chi connectivity index (χ2v) is 22.5. The highest BCUT2D eigenvalue weighted by Crippen LogP contribution is 2.76. The Morgan fingerprint density at radius 1 is 0.897 bits per heavy atom. The van der Waals surface area contributed by atoms with Crippen LogP contribution in [0.3, 0.4) is 0 Å². The van der Waals surface area contributed by atoms with Crippen molar-refractivity contribution in [3.8, 4) is 0 Å². The Balaban J connectivity index is 1.14. The van der Waals surface area contributed by atoms with E-state index in [1.165, 1.54) is 5.57 Å². The number of carbonyl (C=O) groups excluding carboxylic acids is 5. The minimum absolute atomic E-state index is 0.00123. The summed E-state index contributed by atoms with van der Waals surface area (Å²) in [7, 11) is 0. The van der Waals surface area contributed by atoms with Gasteiger partial charge in [0.15, 0.2) is 11.6 Å². The Morgan fingerprint density at radius 3 is 2.19 bits per heavy atom. The maximum Gasteiger partial charge on any atom is 0.310 e. The Labute approximate surface area is 346 Å². The van der Waals surface area contributed by atoms with Gasteiger partial charge in [-0.05, 0) is 123 Å². The molecule has 1 heterocycles. The molecule has 58 heavy (non-hydrogen) atoms. The van der Waals surface area contributed by atoms with Crippen LogP contribution in [0.2, 0.25) is 0 Å². The van der Waals surface area contributed by atoms with Gasteiger partial charge in [-0.25, -0.2) is 0 Å². The van der Waals surface area contributed by atoms with Gasteiger partial charge >= 0.3 is 5.97 Å². The molecule has 5 fully saturated rings. The summed E-state index contributed by atoms with van der Waals surface area (Å²) in [6, 6.07) is 0. The average Bonchev–Trinajstić information content (AvgIpc) is 3.61. The normalized spacial score (nSPS) is 38.8. The lowest BCUT2D eigenvalue weighted by Crippen LogP contribution is -2.67. The van der Waals surface area contributed by atoms with Gasteiger partial charge in [0.05, 0.1) is 28.1 Å². The Bertz CT molecular complexity index is 1920. The first-order chi connectivity index (χ1) is 26.8. The standard InChI is InChI=1S/C48H70N2O8/c1-26(2)37-32(53)24-48(49-41(55)42(5,6)23-31(52)38-27(3)50-58-28(38)4)21-20-46(12)29(39(37)48)14-15-34-45(11)18-17-35(44(9,10)33(45)16-19-47(34,46)13)57-40(54)30-22-36(56-25-51)43(30,7)8/h25-26,29-30,33-36H,14-24H2,1-13H3,(H,49,55)/t29-,30-,33+,34-,35+,36-,45+,46-,47-,48-/m1/s1. The molecule has 0 spiro atoms. The number of allylic oxidation sites excluding steroid dienone is 1. The van der Waals surface area contributed by atoms with Crippen LogP contribution < -0.4 is 5.32 Å². The van der Waals surface area contributed by atoms with Crippen LogP contribution in [0.4, 0.5) is 0 Å². The van der Waals surface area contributed by atoms with Gasteiger partial charge in [0, 0.05) is 23.7 Å². The second kappa shape index (κ2) is 13.9. The van der Waals surface area contributed by atoms with E-state index in [1.54, 1.807) is 13.8 Å². The van der Waals surface area contributed by atoms with Gasteiger partial charge in [-0.1, -0.05) is 81.3 Å². The number of nitrogens with one attached hydrogen (secondary N) is 1. The van der Waals surface area contributed by atoms with Crippen LogP contribution in [0.25, 0.3) is 0 Å². The van der Waals surface area contributed by atoms with Crippen LogP contribution in [0.15, 0.2) is 15.7 Å². The van der Waals surface area contributed by atoms with Crippen molar-refractivity contribution >= 4 is 29.9 Å². The van der Waals surface area contributed by atoms with Gasteiger partial charge in [-0.15, -0.1) is 0 Å². The molecular weight excluding hydrogens is 733 g/mol. The first-order valence-corrected chi connectivity index (χ1v) is 22.2. The van der Waals surface area contributed by atoms with E-state index in [2.05, 4.69) is 58.9 Å². The van der Waals surface area contributed by atoms with Crippen LogP contribution in [0.1, 0.15) is 169 Å². The maximum absolute atomic E-state index is 14.5. The number of fused-ring (bicyclic) bond motifs is 7. The third-order valence-corrected chi connectivity index (χ3v) is 18.2. The molecule has 6 aliphatic rings. The van der Waals surface area contributed by atoms with Crippen molar-refractivity contribution in [2.45, 2.75) is 178 Å². The lowest BCUT2D eigenvalue weighted by molar-refractivity contribution is -0.236. The quantitative estimate of drug-likeness (QED) is 0.139. The van der Waals surface area contributed by atoms with Crippen molar-refractivity contribution in [1.82, 2.24) is 10.5 Å². The predicted molar refractivity (Wildman–Crippen MR) is 219 cm³/mol. The fourth-order valence-electron chi connectivity index (χ4n) is 14.6. The molecule has 0 aromatic carbocycles. The molecule has 7 rings (SSSR count). The molecule has 1 aromatic rings. The number of amides is 1. The number of aryl methyl sites for hydroxylation is 2. The van der Waals surface area contributed by atoms with Gasteiger partial charge in [0.2, 0.25) is 5.91 Å². The van der Waals surface area contributed by atoms with Crippen LogP contribution in [0.5, 0.6) is 0 Å². The molecular formula is C48H70N2O8. The summed E-state index contributed by atoms with van der Waals surface area (Å²) in [6.45, 7) is 28.0. The molecule has 10 atom stereocenters. The van der Waals surface area contributed by atoms with Gasteiger partial charge < -0.3 is 19.3 Å². The molecule has 0 aliphatic heterocycles. The molecule has 5 saturated carbocycles. The Morgan fingerprint density at radius 2 is 1.59 bits per heavy atom. The van der Waals surface area contributed by atoms with E-state index in [0.29, 0.717) is 48.2 Å². The fourth-order valence-corrected chi connectivity index (χ4v) is 14.6. The number of ketones is 2. The number of Topliss-reactive ketones (excluding diaryl/α,β-unsaturated/α-hetero) is 2. The third kappa shape index (κ3) is 6.04. The molecule has 10 heteroatoms. The highest BCUT2D eigenvalue weighted by Gasteiger charge is 2.70. The zero-order chi connectivity index (χ0) is 42.8. The second-order valence-electron chi connectivity index (χ2n) is 22.5. The number of ether oxygens (including phenoxy) is 2. The SMILES string of the molecule is Cc1noc(C)c1C(=O)CC(C)(C)C(=O)N[C@@]12CC[C@]3(C)[C@H](CC[C@@H]4[C@@]5(C)CC[C@H](OC(=O)[C@H]6C[C@@H](OC=O)C6(C)C)C(C)(C)[C@@H]5CC[C@]43C)C1=C(C(C)C)C(=O)C2. The van der Waals surface area contributed by atoms with Gasteiger partial charge in [0.25, 0.3) is 6.47 Å². The summed E-state index contributed by atoms with van der Waals surface area (Å²) < 4.78 is 17.0. The van der Waals surface area contributed by atoms with E-state index in [9.17, 15) is 24.0 Å². The van der Waals surface area contributed by atoms with E-state index in [1.807, 2.05) is 27.7 Å². The summed E-state index contributed by atoms with van der Waals surface area (Å²) >= 11 is 0. The molecule has 1 amide bonds. The summed E-state index contributed by atoms with van der Waals surface area (Å²) in [5.41, 5.74) is 0.563. The predicted octanol–water partition coefficient (Wildman–Crippen LogP) is 9.24. The third-order valence-electron chi connectivity index (χ3n) is 18.2. The fraction of sp³-hybridized carbons (Fsp3) is 0.792. The molecule has 0 unspecified atom stereocenters. The lowest BCUT2D eigenvalue weighted by atomic mass is 9.33. The summed E-state index contributed by atoms with van der Waals surface area (Å²) in [6.07, 6.45) is 7.86. The highest BCUT2D eigenvalue weighted by molar-refractivity contribution is 6.04. The smallest absolute Gasteiger partial charge is 0.310 e. The summed E-state index contributed by atoms with van der Waals surface area (Å²) in [5, 5.41) is 7.47. The van der Waals surface area contributed by atoms with Gasteiger partial charge in [-0.3, -0.25) is 24.0 Å². The molecule has 0 radical (unpaired) electrons. The van der Waals surface area contributed by atoms with Gasteiger partial charge in [0.1, 0.15) is 18.0 Å². The topological polar surface area (TPSA) is 142 Å². The van der Waals surface area contributed by atoms with Crippen LogP contribution in [-0.2, 0) is 28.7 Å². The Hall–Kier alpha value is -3.30. The Kier molecular flexibility index (Phi) is 10.2. The number of esters is 1. The molecule has 6 aliphatic carbocycles.